The molecule has 0 spiro atoms. The van der Waals surface area contributed by atoms with E-state index >= 15 is 0 Å². The summed E-state index contributed by atoms with van der Waals surface area (Å²) >= 11 is 0. The predicted molar refractivity (Wildman–Crippen MR) is 127 cm³/mol. The van der Waals surface area contributed by atoms with Gasteiger partial charge in [0.1, 0.15) is 17.1 Å². The van der Waals surface area contributed by atoms with Crippen LogP contribution in [-0.4, -0.2) is 59.1 Å². The van der Waals surface area contributed by atoms with Crippen LogP contribution in [0.1, 0.15) is 64.9 Å². The van der Waals surface area contributed by atoms with Gasteiger partial charge < -0.3 is 18.9 Å². The number of carbonyl (C=O) groups excluding carboxylic acids is 2. The summed E-state index contributed by atoms with van der Waals surface area (Å²) in [5, 5.41) is 0. The fraction of sp³-hybridized carbons (Fsp3) is 0.667. The molecule has 9 nitrogen and oxygen atoms in total. The Morgan fingerprint density at radius 3 is 2.00 bits per heavy atom. The highest BCUT2D eigenvalue weighted by Crippen LogP contribution is 2.30. The first-order chi connectivity index (χ1) is 15.9. The van der Waals surface area contributed by atoms with Gasteiger partial charge in [-0.1, -0.05) is 6.07 Å². The van der Waals surface area contributed by atoms with E-state index in [0.717, 1.165) is 18.2 Å². The smallest absolute Gasteiger partial charge is 0.306 e. The van der Waals surface area contributed by atoms with Crippen LogP contribution in [-0.2, 0) is 39.8 Å². The summed E-state index contributed by atoms with van der Waals surface area (Å²) in [6.45, 7) is 6.36. The molecule has 10 heteroatoms. The van der Waals surface area contributed by atoms with Crippen LogP contribution in [0.3, 0.4) is 0 Å². The molecule has 0 heterocycles. The van der Waals surface area contributed by atoms with Gasteiger partial charge in [0.05, 0.1) is 33.2 Å². The molecule has 0 unspecified atom stereocenters. The molecule has 0 amide bonds. The number of hydrogen-bond acceptors (Lipinski definition) is 9. The average molecular weight is 503 g/mol. The Morgan fingerprint density at radius 2 is 1.44 bits per heavy atom. The van der Waals surface area contributed by atoms with Crippen LogP contribution in [0.4, 0.5) is 0 Å². The summed E-state index contributed by atoms with van der Waals surface area (Å²) in [6.07, 6.45) is 4.38. The summed E-state index contributed by atoms with van der Waals surface area (Å²) in [7, 11) is -2.08. The minimum absolute atomic E-state index is 0.149. The van der Waals surface area contributed by atoms with E-state index < -0.39 is 15.7 Å². The summed E-state index contributed by atoms with van der Waals surface area (Å²) in [5.74, 6) is 0.589. The number of esters is 2. The summed E-state index contributed by atoms with van der Waals surface area (Å²) in [5.41, 5.74) is 0.233. The third kappa shape index (κ3) is 14.0. The lowest BCUT2D eigenvalue weighted by Crippen LogP contribution is -2.24. The molecule has 0 atom stereocenters. The third-order valence-corrected chi connectivity index (χ3v) is 5.04. The molecule has 1 rings (SSSR count). The summed E-state index contributed by atoms with van der Waals surface area (Å²) < 4.78 is 48.5. The minimum Gasteiger partial charge on any atom is -0.493 e. The highest BCUT2D eigenvalue weighted by atomic mass is 32.2. The molecule has 0 aliphatic heterocycles. The average Bonchev–Trinajstić information content (AvgIpc) is 2.73. The van der Waals surface area contributed by atoms with Crippen LogP contribution in [0.25, 0.3) is 0 Å². The molecule has 1 aromatic carbocycles. The van der Waals surface area contributed by atoms with Crippen molar-refractivity contribution >= 4 is 22.1 Å². The van der Waals surface area contributed by atoms with E-state index in [1.807, 2.05) is 26.8 Å². The van der Waals surface area contributed by atoms with Crippen molar-refractivity contribution in [3.63, 3.8) is 0 Å². The molecule has 0 fully saturated rings. The van der Waals surface area contributed by atoms with E-state index in [-0.39, 0.29) is 31.4 Å². The lowest BCUT2D eigenvalue weighted by atomic mass is 10.1. The van der Waals surface area contributed by atoms with Gasteiger partial charge in [-0.3, -0.25) is 13.8 Å². The molecule has 0 saturated heterocycles. The maximum atomic E-state index is 11.9. The third-order valence-electron chi connectivity index (χ3n) is 4.44. The van der Waals surface area contributed by atoms with Gasteiger partial charge in [-0.05, 0) is 65.0 Å². The van der Waals surface area contributed by atoms with Gasteiger partial charge in [-0.2, -0.15) is 8.42 Å². The second-order valence-electron chi connectivity index (χ2n) is 8.78. The Hall–Kier alpha value is -2.33. The van der Waals surface area contributed by atoms with Gasteiger partial charge >= 0.3 is 11.9 Å². The van der Waals surface area contributed by atoms with E-state index in [1.54, 1.807) is 12.1 Å². The van der Waals surface area contributed by atoms with Crippen LogP contribution in [0, 0.1) is 0 Å². The second kappa shape index (κ2) is 14.8. The molecule has 0 radical (unpaired) electrons. The molecule has 194 valence electrons. The van der Waals surface area contributed by atoms with Crippen LogP contribution < -0.4 is 9.47 Å². The Kier molecular flexibility index (Phi) is 13.0. The second-order valence-corrected chi connectivity index (χ2v) is 10.4. The van der Waals surface area contributed by atoms with Crippen LogP contribution in [0.15, 0.2) is 18.2 Å². The van der Waals surface area contributed by atoms with Crippen molar-refractivity contribution in [3.8, 4) is 11.5 Å². The number of rotatable bonds is 16. The van der Waals surface area contributed by atoms with Crippen LogP contribution >= 0.6 is 0 Å². The number of carbonyl (C=O) groups is 2. The van der Waals surface area contributed by atoms with Gasteiger partial charge in [0.2, 0.25) is 0 Å². The topological polar surface area (TPSA) is 114 Å². The lowest BCUT2D eigenvalue weighted by Gasteiger charge is -2.19. The Morgan fingerprint density at radius 1 is 0.853 bits per heavy atom. The molecule has 0 N–H and O–H groups in total. The fourth-order valence-electron chi connectivity index (χ4n) is 2.96. The Bertz CT molecular complexity index is 873. The van der Waals surface area contributed by atoms with Crippen molar-refractivity contribution in [1.82, 2.24) is 0 Å². The van der Waals surface area contributed by atoms with Crippen LogP contribution in [0.5, 0.6) is 11.5 Å². The van der Waals surface area contributed by atoms with Gasteiger partial charge in [-0.15, -0.1) is 0 Å². The zero-order chi connectivity index (χ0) is 25.6. The fourth-order valence-corrected chi connectivity index (χ4v) is 3.38. The zero-order valence-electron chi connectivity index (χ0n) is 20.9. The number of hydrogen-bond donors (Lipinski definition) is 0. The number of benzene rings is 1. The largest absolute Gasteiger partial charge is 0.493 e. The van der Waals surface area contributed by atoms with E-state index in [9.17, 15) is 18.0 Å². The normalized spacial score (nSPS) is 11.7. The van der Waals surface area contributed by atoms with E-state index in [0.29, 0.717) is 50.4 Å². The molecule has 0 saturated carbocycles. The van der Waals surface area contributed by atoms with Gasteiger partial charge in [0.15, 0.2) is 0 Å². The van der Waals surface area contributed by atoms with Gasteiger partial charge in [-0.25, -0.2) is 0 Å². The summed E-state index contributed by atoms with van der Waals surface area (Å²) in [6, 6.07) is 5.42. The first kappa shape index (κ1) is 29.7. The van der Waals surface area contributed by atoms with Crippen molar-refractivity contribution in [3.05, 3.63) is 23.8 Å². The molecule has 34 heavy (non-hydrogen) atoms. The number of ether oxygens (including phenoxy) is 4. The van der Waals surface area contributed by atoms with E-state index in [2.05, 4.69) is 0 Å². The molecule has 0 aliphatic carbocycles. The first-order valence-electron chi connectivity index (χ1n) is 11.4. The van der Waals surface area contributed by atoms with E-state index in [4.69, 9.17) is 23.1 Å². The van der Waals surface area contributed by atoms with E-state index in [1.165, 1.54) is 7.11 Å². The molecule has 0 bridgehead atoms. The standard InChI is InChI=1S/C24H38O9S/c1-24(2,3)33-23(26)13-10-17-31-21-12-9-11-20(19(21)14-15-22(25)29-4)30-16-7-6-8-18-32-34(5,27)28/h9,11-12H,6-8,10,13-18H2,1-5H3. The predicted octanol–water partition coefficient (Wildman–Crippen LogP) is 3.82. The molecule has 0 aromatic heterocycles. The van der Waals surface area contributed by atoms with Crippen molar-refractivity contribution in [1.29, 1.82) is 0 Å². The number of methoxy groups -OCH3 is 1. The SMILES string of the molecule is COC(=O)CCc1c(OCCCCCOS(C)(=O)=O)cccc1OCCCC(=O)OC(C)(C)C. The van der Waals surface area contributed by atoms with Gasteiger partial charge in [0, 0.05) is 18.4 Å². The Balaban J connectivity index is 2.63. The van der Waals surface area contributed by atoms with Crippen molar-refractivity contribution in [2.45, 2.75) is 71.3 Å². The maximum absolute atomic E-state index is 11.9. The van der Waals surface area contributed by atoms with Crippen molar-refractivity contribution < 1.29 is 41.1 Å². The quantitative estimate of drug-likeness (QED) is 0.189. The Labute approximate surface area is 203 Å². The minimum atomic E-state index is -3.42. The first-order valence-corrected chi connectivity index (χ1v) is 13.2. The zero-order valence-corrected chi connectivity index (χ0v) is 21.7. The highest BCUT2D eigenvalue weighted by Gasteiger charge is 2.17. The number of unbranched alkanes of at least 4 members (excludes halogenated alkanes) is 2. The molecular formula is C24H38O9S. The highest BCUT2D eigenvalue weighted by molar-refractivity contribution is 7.85. The molecule has 0 aliphatic rings. The molecular weight excluding hydrogens is 464 g/mol. The summed E-state index contributed by atoms with van der Waals surface area (Å²) in [4.78, 5) is 23.6. The lowest BCUT2D eigenvalue weighted by molar-refractivity contribution is -0.155. The van der Waals surface area contributed by atoms with Crippen molar-refractivity contribution in [2.24, 2.45) is 0 Å². The van der Waals surface area contributed by atoms with Crippen molar-refractivity contribution in [2.75, 3.05) is 33.2 Å². The van der Waals surface area contributed by atoms with Crippen LogP contribution in [0.2, 0.25) is 0 Å². The molecule has 1 aromatic rings. The monoisotopic (exact) mass is 502 g/mol. The maximum Gasteiger partial charge on any atom is 0.306 e. The van der Waals surface area contributed by atoms with Gasteiger partial charge in [0.25, 0.3) is 10.1 Å².